The highest BCUT2D eigenvalue weighted by Gasteiger charge is 2.28. The Balaban J connectivity index is 2.19. The van der Waals surface area contributed by atoms with Crippen LogP contribution in [0.1, 0.15) is 24.8 Å². The summed E-state index contributed by atoms with van der Waals surface area (Å²) in [4.78, 5) is 0.346. The normalized spacial score (nSPS) is 16.4. The van der Waals surface area contributed by atoms with Crippen LogP contribution in [0.3, 0.4) is 0 Å². The van der Waals surface area contributed by atoms with Crippen LogP contribution in [-0.2, 0) is 16.6 Å². The molecule has 1 aromatic rings. The van der Waals surface area contributed by atoms with Crippen LogP contribution >= 0.6 is 15.9 Å². The molecule has 0 spiro atoms. The molecular weight excluding hydrogens is 340 g/mol. The molecule has 1 fully saturated rings. The first-order chi connectivity index (χ1) is 9.45. The summed E-state index contributed by atoms with van der Waals surface area (Å²) in [5.74, 6) is 0.525. The van der Waals surface area contributed by atoms with Crippen molar-refractivity contribution in [2.75, 3.05) is 20.6 Å². The molecule has 0 heterocycles. The highest BCUT2D eigenvalue weighted by molar-refractivity contribution is 9.10. The molecule has 0 unspecified atom stereocenters. The third-order valence-corrected chi connectivity index (χ3v) is 6.61. The second-order valence-corrected chi connectivity index (χ2v) is 8.25. The molecule has 0 aliphatic heterocycles. The van der Waals surface area contributed by atoms with Crippen LogP contribution < -0.4 is 5.32 Å². The smallest absolute Gasteiger partial charge is 0.243 e. The molecule has 1 saturated carbocycles. The maximum absolute atomic E-state index is 12.6. The molecule has 0 amide bonds. The summed E-state index contributed by atoms with van der Waals surface area (Å²) in [6.45, 7) is 1.34. The third kappa shape index (κ3) is 3.42. The number of benzene rings is 1. The Kier molecular flexibility index (Phi) is 5.23. The predicted molar refractivity (Wildman–Crippen MR) is 84.1 cm³/mol. The molecule has 1 aromatic carbocycles. The van der Waals surface area contributed by atoms with E-state index >= 15 is 0 Å². The first-order valence-corrected chi connectivity index (χ1v) is 9.08. The van der Waals surface area contributed by atoms with Crippen molar-refractivity contribution >= 4 is 26.0 Å². The van der Waals surface area contributed by atoms with Crippen LogP contribution in [0.2, 0.25) is 0 Å². The maximum Gasteiger partial charge on any atom is 0.243 e. The van der Waals surface area contributed by atoms with Gasteiger partial charge in [-0.3, -0.25) is 0 Å². The Morgan fingerprint density at radius 1 is 1.40 bits per heavy atom. The van der Waals surface area contributed by atoms with E-state index in [0.29, 0.717) is 21.8 Å². The van der Waals surface area contributed by atoms with Gasteiger partial charge in [-0.2, -0.15) is 0 Å². The SMILES string of the molecule is CNCc1ccc(S(=O)(=O)N(C)CC2CCC2)c(Br)c1. The van der Waals surface area contributed by atoms with Gasteiger partial charge in [-0.15, -0.1) is 0 Å². The second kappa shape index (κ2) is 6.56. The van der Waals surface area contributed by atoms with Gasteiger partial charge < -0.3 is 5.32 Å². The number of hydrogen-bond acceptors (Lipinski definition) is 3. The fraction of sp³-hybridized carbons (Fsp3) is 0.571. The van der Waals surface area contributed by atoms with E-state index in [4.69, 9.17) is 0 Å². The summed E-state index contributed by atoms with van der Waals surface area (Å²) < 4.78 is 27.3. The quantitative estimate of drug-likeness (QED) is 0.847. The average molecular weight is 361 g/mol. The molecular formula is C14H21BrN2O2S. The van der Waals surface area contributed by atoms with Crippen molar-refractivity contribution < 1.29 is 8.42 Å². The number of nitrogens with zero attached hydrogens (tertiary/aromatic N) is 1. The molecule has 2 rings (SSSR count). The fourth-order valence-electron chi connectivity index (χ4n) is 2.37. The molecule has 20 heavy (non-hydrogen) atoms. The zero-order chi connectivity index (χ0) is 14.8. The van der Waals surface area contributed by atoms with E-state index in [9.17, 15) is 8.42 Å². The van der Waals surface area contributed by atoms with E-state index in [1.54, 1.807) is 13.1 Å². The van der Waals surface area contributed by atoms with Gasteiger partial charge in [0.05, 0.1) is 4.90 Å². The molecule has 1 N–H and O–H groups in total. The molecule has 4 nitrogen and oxygen atoms in total. The standard InChI is InChI=1S/C14H21BrN2O2S/c1-16-9-12-6-7-14(13(15)8-12)20(18,19)17(2)10-11-4-3-5-11/h6-8,11,16H,3-5,9-10H2,1-2H3. The number of halogens is 1. The average Bonchev–Trinajstić information content (AvgIpc) is 2.33. The van der Waals surface area contributed by atoms with Gasteiger partial charge in [0.25, 0.3) is 0 Å². The highest BCUT2D eigenvalue weighted by atomic mass is 79.9. The topological polar surface area (TPSA) is 49.4 Å². The van der Waals surface area contributed by atoms with Gasteiger partial charge in [-0.1, -0.05) is 12.5 Å². The molecule has 112 valence electrons. The van der Waals surface area contributed by atoms with E-state index in [1.807, 2.05) is 19.2 Å². The van der Waals surface area contributed by atoms with Gasteiger partial charge in [0.1, 0.15) is 0 Å². The Hall–Kier alpha value is -0.430. The van der Waals surface area contributed by atoms with Crippen LogP contribution in [0.25, 0.3) is 0 Å². The number of sulfonamides is 1. The van der Waals surface area contributed by atoms with E-state index in [-0.39, 0.29) is 0 Å². The van der Waals surface area contributed by atoms with Crippen LogP contribution in [0.15, 0.2) is 27.6 Å². The minimum absolute atomic E-state index is 0.346. The summed E-state index contributed by atoms with van der Waals surface area (Å²) in [5.41, 5.74) is 1.06. The van der Waals surface area contributed by atoms with Crippen LogP contribution in [0.5, 0.6) is 0 Å². The monoisotopic (exact) mass is 360 g/mol. The lowest BCUT2D eigenvalue weighted by Gasteiger charge is -2.29. The van der Waals surface area contributed by atoms with Gasteiger partial charge in [-0.25, -0.2) is 12.7 Å². The minimum Gasteiger partial charge on any atom is -0.316 e. The number of rotatable bonds is 6. The van der Waals surface area contributed by atoms with Crippen LogP contribution in [0, 0.1) is 5.92 Å². The molecule has 0 radical (unpaired) electrons. The maximum atomic E-state index is 12.6. The lowest BCUT2D eigenvalue weighted by molar-refractivity contribution is 0.263. The molecule has 0 bridgehead atoms. The summed E-state index contributed by atoms with van der Waals surface area (Å²) in [6.07, 6.45) is 3.51. The van der Waals surface area contributed by atoms with Crippen molar-refractivity contribution in [3.63, 3.8) is 0 Å². The Morgan fingerprint density at radius 3 is 2.60 bits per heavy atom. The fourth-order valence-corrected chi connectivity index (χ4v) is 4.70. The van der Waals surface area contributed by atoms with Gasteiger partial charge >= 0.3 is 0 Å². The van der Waals surface area contributed by atoms with Crippen molar-refractivity contribution in [3.8, 4) is 0 Å². The van der Waals surface area contributed by atoms with Crippen molar-refractivity contribution in [1.82, 2.24) is 9.62 Å². The zero-order valence-electron chi connectivity index (χ0n) is 11.9. The van der Waals surface area contributed by atoms with E-state index in [2.05, 4.69) is 21.2 Å². The third-order valence-electron chi connectivity index (χ3n) is 3.81. The number of nitrogens with one attached hydrogen (secondary N) is 1. The van der Waals surface area contributed by atoms with Crippen LogP contribution in [0.4, 0.5) is 0 Å². The molecule has 0 saturated heterocycles. The van der Waals surface area contributed by atoms with Crippen molar-refractivity contribution in [2.45, 2.75) is 30.7 Å². The molecule has 0 aromatic heterocycles. The van der Waals surface area contributed by atoms with Gasteiger partial charge in [0, 0.05) is 24.6 Å². The predicted octanol–water partition coefficient (Wildman–Crippen LogP) is 2.59. The second-order valence-electron chi connectivity index (χ2n) is 5.38. The Labute approximate surface area is 129 Å². The van der Waals surface area contributed by atoms with Gasteiger partial charge in [-0.05, 0) is 59.4 Å². The lowest BCUT2D eigenvalue weighted by atomic mass is 9.86. The van der Waals surface area contributed by atoms with E-state index in [0.717, 1.165) is 24.9 Å². The summed E-state index contributed by atoms with van der Waals surface area (Å²) in [7, 11) is 0.128. The Bertz CT molecular complexity index is 571. The van der Waals surface area contributed by atoms with Crippen LogP contribution in [-0.4, -0.2) is 33.4 Å². The zero-order valence-corrected chi connectivity index (χ0v) is 14.3. The highest BCUT2D eigenvalue weighted by Crippen LogP contribution is 2.30. The first kappa shape index (κ1) is 15.9. The summed E-state index contributed by atoms with van der Waals surface area (Å²) >= 11 is 3.38. The van der Waals surface area contributed by atoms with E-state index in [1.165, 1.54) is 10.7 Å². The van der Waals surface area contributed by atoms with Crippen molar-refractivity contribution in [2.24, 2.45) is 5.92 Å². The lowest BCUT2D eigenvalue weighted by Crippen LogP contribution is -2.34. The van der Waals surface area contributed by atoms with Crippen molar-refractivity contribution in [1.29, 1.82) is 0 Å². The summed E-state index contributed by atoms with van der Waals surface area (Å²) in [5, 5.41) is 3.05. The van der Waals surface area contributed by atoms with Gasteiger partial charge in [0.2, 0.25) is 10.0 Å². The summed E-state index contributed by atoms with van der Waals surface area (Å²) in [6, 6.07) is 5.40. The molecule has 1 aliphatic rings. The molecule has 0 atom stereocenters. The van der Waals surface area contributed by atoms with E-state index < -0.39 is 10.0 Å². The number of hydrogen-bond donors (Lipinski definition) is 1. The minimum atomic E-state index is -3.41. The first-order valence-electron chi connectivity index (χ1n) is 6.84. The van der Waals surface area contributed by atoms with Gasteiger partial charge in [0.15, 0.2) is 0 Å². The Morgan fingerprint density at radius 2 is 2.10 bits per heavy atom. The van der Waals surface area contributed by atoms with Crippen molar-refractivity contribution in [3.05, 3.63) is 28.2 Å². The molecule has 6 heteroatoms. The largest absolute Gasteiger partial charge is 0.316 e. The molecule has 1 aliphatic carbocycles.